The van der Waals surface area contributed by atoms with Crippen molar-refractivity contribution in [2.45, 2.75) is 32.6 Å². The number of fused-ring (bicyclic) bond motifs is 3. The Morgan fingerprint density at radius 2 is 2.33 bits per heavy atom. The first kappa shape index (κ1) is 14.0. The van der Waals surface area contributed by atoms with Crippen LogP contribution < -0.4 is 10.1 Å². The van der Waals surface area contributed by atoms with E-state index in [0.29, 0.717) is 0 Å². The highest BCUT2D eigenvalue weighted by molar-refractivity contribution is 5.88. The van der Waals surface area contributed by atoms with Crippen LogP contribution in [0.4, 0.5) is 0 Å². The molecular formula is C17H22N2O2. The highest BCUT2D eigenvalue weighted by Gasteiger charge is 2.27. The summed E-state index contributed by atoms with van der Waals surface area (Å²) in [5.74, 6) is 1.15. The fourth-order valence-electron chi connectivity index (χ4n) is 3.14. The van der Waals surface area contributed by atoms with E-state index >= 15 is 0 Å². The number of carbonyl (C=O) groups is 1. The molecule has 3 rings (SSSR count). The minimum Gasteiger partial charge on any atom is -0.497 e. The number of hydrogen-bond acceptors (Lipinski definition) is 2. The molecule has 2 N–H and O–H groups in total. The van der Waals surface area contributed by atoms with E-state index in [9.17, 15) is 4.79 Å². The Hall–Kier alpha value is -1.97. The molecule has 2 aromatic rings. The van der Waals surface area contributed by atoms with Crippen molar-refractivity contribution < 1.29 is 9.53 Å². The number of hydrogen-bond donors (Lipinski definition) is 2. The average Bonchev–Trinajstić information content (AvgIpc) is 2.89. The molecule has 1 aromatic heterocycles. The lowest BCUT2D eigenvalue weighted by Crippen LogP contribution is -2.34. The number of aromatic nitrogens is 1. The summed E-state index contributed by atoms with van der Waals surface area (Å²) in [6, 6.07) is 6.09. The van der Waals surface area contributed by atoms with Crippen molar-refractivity contribution >= 4 is 16.8 Å². The van der Waals surface area contributed by atoms with Crippen LogP contribution in [0.15, 0.2) is 18.2 Å². The van der Waals surface area contributed by atoms with Crippen molar-refractivity contribution in [2.75, 3.05) is 13.7 Å². The molecule has 4 heteroatoms. The molecule has 4 nitrogen and oxygen atoms in total. The third-order valence-corrected chi connectivity index (χ3v) is 4.32. The minimum absolute atomic E-state index is 0.0919. The van der Waals surface area contributed by atoms with Crippen LogP contribution in [-0.4, -0.2) is 24.5 Å². The van der Waals surface area contributed by atoms with E-state index < -0.39 is 0 Å². The summed E-state index contributed by atoms with van der Waals surface area (Å²) in [5.41, 5.74) is 3.69. The molecule has 112 valence electrons. The molecule has 1 aromatic carbocycles. The van der Waals surface area contributed by atoms with Gasteiger partial charge in [-0.1, -0.05) is 6.92 Å². The van der Waals surface area contributed by atoms with Crippen LogP contribution in [0.5, 0.6) is 5.75 Å². The van der Waals surface area contributed by atoms with Crippen LogP contribution in [0, 0.1) is 5.92 Å². The molecule has 1 unspecified atom stereocenters. The van der Waals surface area contributed by atoms with Gasteiger partial charge in [0.1, 0.15) is 5.75 Å². The van der Waals surface area contributed by atoms with Crippen LogP contribution in [0.25, 0.3) is 10.9 Å². The fraction of sp³-hybridized carbons (Fsp3) is 0.471. The smallest absolute Gasteiger partial charge is 0.223 e. The number of aryl methyl sites for hydroxylation is 1. The van der Waals surface area contributed by atoms with Gasteiger partial charge in [0, 0.05) is 29.1 Å². The summed E-state index contributed by atoms with van der Waals surface area (Å²) in [7, 11) is 1.68. The number of methoxy groups -OCH3 is 1. The molecule has 0 aliphatic heterocycles. The van der Waals surface area contributed by atoms with Gasteiger partial charge in [0.2, 0.25) is 5.91 Å². The number of amides is 1. The Morgan fingerprint density at radius 1 is 1.48 bits per heavy atom. The van der Waals surface area contributed by atoms with Gasteiger partial charge in [0.25, 0.3) is 0 Å². The number of nitrogens with one attached hydrogen (secondary N) is 2. The Bertz CT molecular complexity index is 660. The average molecular weight is 286 g/mol. The number of carbonyl (C=O) groups excluding carboxylic acids is 1. The summed E-state index contributed by atoms with van der Waals surface area (Å²) >= 11 is 0. The molecule has 1 heterocycles. The normalized spacial score (nSPS) is 17.5. The summed E-state index contributed by atoms with van der Waals surface area (Å²) in [6.07, 6.45) is 3.66. The van der Waals surface area contributed by atoms with Crippen molar-refractivity contribution in [3.05, 3.63) is 29.5 Å². The SMILES string of the molecule is CCCNC(=O)C1CCc2[nH]c3ccc(OC)cc3c2C1. The summed E-state index contributed by atoms with van der Waals surface area (Å²) in [5, 5.41) is 4.21. The molecule has 0 fully saturated rings. The zero-order chi connectivity index (χ0) is 14.8. The molecule has 0 bridgehead atoms. The standard InChI is InChI=1S/C17H22N2O2/c1-3-8-18-17(20)11-4-6-15-13(9-11)14-10-12(21-2)5-7-16(14)19-15/h5,7,10-11,19H,3-4,6,8-9H2,1-2H3,(H,18,20). The first-order valence-corrected chi connectivity index (χ1v) is 7.68. The molecule has 0 spiro atoms. The van der Waals surface area contributed by atoms with Crippen LogP contribution in [0.2, 0.25) is 0 Å². The predicted octanol–water partition coefficient (Wildman–Crippen LogP) is 2.81. The molecule has 1 atom stereocenters. The Morgan fingerprint density at radius 3 is 3.10 bits per heavy atom. The molecule has 1 aliphatic rings. The summed E-state index contributed by atoms with van der Waals surface area (Å²) < 4.78 is 5.32. The van der Waals surface area contributed by atoms with Crippen molar-refractivity contribution in [3.8, 4) is 5.75 Å². The zero-order valence-electron chi connectivity index (χ0n) is 12.7. The van der Waals surface area contributed by atoms with Crippen LogP contribution in [0.3, 0.4) is 0 Å². The monoisotopic (exact) mass is 286 g/mol. The number of H-pyrrole nitrogens is 1. The van der Waals surface area contributed by atoms with Crippen molar-refractivity contribution in [2.24, 2.45) is 5.92 Å². The molecule has 21 heavy (non-hydrogen) atoms. The van der Waals surface area contributed by atoms with E-state index in [1.165, 1.54) is 16.6 Å². The second-order valence-electron chi connectivity index (χ2n) is 5.72. The van der Waals surface area contributed by atoms with Crippen LogP contribution in [-0.2, 0) is 17.6 Å². The second kappa shape index (κ2) is 5.80. The first-order chi connectivity index (χ1) is 10.2. The van der Waals surface area contributed by atoms with Gasteiger partial charge in [0.15, 0.2) is 0 Å². The van der Waals surface area contributed by atoms with Gasteiger partial charge in [-0.2, -0.15) is 0 Å². The number of aromatic amines is 1. The van der Waals surface area contributed by atoms with Gasteiger partial charge >= 0.3 is 0 Å². The lowest BCUT2D eigenvalue weighted by atomic mass is 9.86. The largest absolute Gasteiger partial charge is 0.497 e. The lowest BCUT2D eigenvalue weighted by Gasteiger charge is -2.21. The lowest BCUT2D eigenvalue weighted by molar-refractivity contribution is -0.125. The van der Waals surface area contributed by atoms with Gasteiger partial charge in [-0.15, -0.1) is 0 Å². The quantitative estimate of drug-likeness (QED) is 0.908. The third kappa shape index (κ3) is 2.62. The fourth-order valence-corrected chi connectivity index (χ4v) is 3.14. The summed E-state index contributed by atoms with van der Waals surface area (Å²) in [6.45, 7) is 2.84. The second-order valence-corrected chi connectivity index (χ2v) is 5.72. The van der Waals surface area contributed by atoms with E-state index in [-0.39, 0.29) is 11.8 Å². The van der Waals surface area contributed by atoms with E-state index in [4.69, 9.17) is 4.74 Å². The molecular weight excluding hydrogens is 264 g/mol. The molecule has 1 amide bonds. The van der Waals surface area contributed by atoms with Crippen molar-refractivity contribution in [3.63, 3.8) is 0 Å². The van der Waals surface area contributed by atoms with Gasteiger partial charge in [-0.25, -0.2) is 0 Å². The number of ether oxygens (including phenoxy) is 1. The van der Waals surface area contributed by atoms with E-state index in [1.54, 1.807) is 7.11 Å². The van der Waals surface area contributed by atoms with Crippen molar-refractivity contribution in [1.82, 2.24) is 10.3 Å². The highest BCUT2D eigenvalue weighted by atomic mass is 16.5. The third-order valence-electron chi connectivity index (χ3n) is 4.32. The molecule has 1 aliphatic carbocycles. The minimum atomic E-state index is 0.0919. The predicted molar refractivity (Wildman–Crippen MR) is 83.7 cm³/mol. The van der Waals surface area contributed by atoms with Gasteiger partial charge in [0.05, 0.1) is 7.11 Å². The van der Waals surface area contributed by atoms with Gasteiger partial charge in [-0.05, 0) is 49.4 Å². The molecule has 0 radical (unpaired) electrons. The highest BCUT2D eigenvalue weighted by Crippen LogP contribution is 2.33. The van der Waals surface area contributed by atoms with E-state index in [0.717, 1.165) is 43.5 Å². The maximum absolute atomic E-state index is 12.2. The maximum Gasteiger partial charge on any atom is 0.223 e. The molecule has 0 saturated carbocycles. The Labute approximate surface area is 124 Å². The number of rotatable bonds is 4. The van der Waals surface area contributed by atoms with Crippen LogP contribution >= 0.6 is 0 Å². The van der Waals surface area contributed by atoms with E-state index in [2.05, 4.69) is 29.4 Å². The Kier molecular flexibility index (Phi) is 3.86. The maximum atomic E-state index is 12.2. The van der Waals surface area contributed by atoms with E-state index in [1.807, 2.05) is 6.07 Å². The first-order valence-electron chi connectivity index (χ1n) is 7.68. The van der Waals surface area contributed by atoms with Crippen LogP contribution in [0.1, 0.15) is 31.0 Å². The van der Waals surface area contributed by atoms with Gasteiger partial charge in [-0.3, -0.25) is 4.79 Å². The topological polar surface area (TPSA) is 54.1 Å². The Balaban J connectivity index is 1.88. The molecule has 0 saturated heterocycles. The number of benzene rings is 1. The van der Waals surface area contributed by atoms with Crippen molar-refractivity contribution in [1.29, 1.82) is 0 Å². The van der Waals surface area contributed by atoms with Gasteiger partial charge < -0.3 is 15.0 Å². The zero-order valence-corrected chi connectivity index (χ0v) is 12.7. The summed E-state index contributed by atoms with van der Waals surface area (Å²) in [4.78, 5) is 15.7.